The number of aryl methyl sites for hydroxylation is 1. The molecule has 0 unspecified atom stereocenters. The van der Waals surface area contributed by atoms with Crippen LogP contribution in [-0.4, -0.2) is 9.55 Å². The van der Waals surface area contributed by atoms with Gasteiger partial charge in [0.2, 0.25) is 0 Å². The SMILES string of the molecule is C#CCCn1cnc(C#N)c1C#N. The number of hydrogen-bond donors (Lipinski definition) is 0. The van der Waals surface area contributed by atoms with Crippen LogP contribution >= 0.6 is 0 Å². The Morgan fingerprint density at radius 1 is 1.46 bits per heavy atom. The first-order valence-corrected chi connectivity index (χ1v) is 3.62. The zero-order chi connectivity index (χ0) is 9.68. The molecule has 0 radical (unpaired) electrons. The molecule has 1 aromatic heterocycles. The summed E-state index contributed by atoms with van der Waals surface area (Å²) in [6.45, 7) is 0.522. The second kappa shape index (κ2) is 3.95. The smallest absolute Gasteiger partial charge is 0.176 e. The van der Waals surface area contributed by atoms with Gasteiger partial charge < -0.3 is 4.57 Å². The number of rotatable bonds is 2. The molecule has 0 aliphatic carbocycles. The molecular weight excluding hydrogens is 164 g/mol. The van der Waals surface area contributed by atoms with E-state index < -0.39 is 0 Å². The fraction of sp³-hybridized carbons (Fsp3) is 0.222. The van der Waals surface area contributed by atoms with E-state index in [4.69, 9.17) is 16.9 Å². The predicted octanol–water partition coefficient (Wildman–Crippen LogP) is 0.650. The van der Waals surface area contributed by atoms with Gasteiger partial charge in [0.15, 0.2) is 11.4 Å². The third-order valence-corrected chi connectivity index (χ3v) is 1.55. The molecule has 0 saturated carbocycles. The minimum absolute atomic E-state index is 0.152. The van der Waals surface area contributed by atoms with Gasteiger partial charge in [-0.1, -0.05) is 0 Å². The number of terminal acetylenes is 1. The molecule has 13 heavy (non-hydrogen) atoms. The Morgan fingerprint density at radius 2 is 2.23 bits per heavy atom. The second-order valence-corrected chi connectivity index (χ2v) is 2.31. The summed E-state index contributed by atoms with van der Waals surface area (Å²) in [5, 5.41) is 17.3. The summed E-state index contributed by atoms with van der Waals surface area (Å²) in [4.78, 5) is 3.77. The van der Waals surface area contributed by atoms with Gasteiger partial charge in [-0.25, -0.2) is 4.98 Å². The van der Waals surface area contributed by atoms with Gasteiger partial charge in [0.05, 0.1) is 6.33 Å². The lowest BCUT2D eigenvalue weighted by Gasteiger charge is -1.97. The summed E-state index contributed by atoms with van der Waals surface area (Å²) in [5.74, 6) is 2.45. The Bertz CT molecular complexity index is 422. The highest BCUT2D eigenvalue weighted by atomic mass is 15.1. The molecular formula is C9H6N4. The van der Waals surface area contributed by atoms with Crippen LogP contribution in [-0.2, 0) is 6.54 Å². The van der Waals surface area contributed by atoms with Crippen molar-refractivity contribution in [3.8, 4) is 24.5 Å². The van der Waals surface area contributed by atoms with Crippen LogP contribution in [0.5, 0.6) is 0 Å². The maximum absolute atomic E-state index is 8.70. The molecule has 0 spiro atoms. The molecule has 1 aromatic rings. The van der Waals surface area contributed by atoms with Crippen molar-refractivity contribution < 1.29 is 0 Å². The van der Waals surface area contributed by atoms with Crippen LogP contribution in [0.15, 0.2) is 6.33 Å². The van der Waals surface area contributed by atoms with Crippen LogP contribution in [0.2, 0.25) is 0 Å². The van der Waals surface area contributed by atoms with Crippen molar-refractivity contribution in [3.05, 3.63) is 17.7 Å². The highest BCUT2D eigenvalue weighted by molar-refractivity contribution is 5.35. The van der Waals surface area contributed by atoms with E-state index in [1.54, 1.807) is 4.57 Å². The lowest BCUT2D eigenvalue weighted by Crippen LogP contribution is -1.98. The van der Waals surface area contributed by atoms with Gasteiger partial charge in [-0.05, 0) is 0 Å². The number of nitrogens with zero attached hydrogens (tertiary/aromatic N) is 4. The van der Waals surface area contributed by atoms with E-state index in [0.29, 0.717) is 13.0 Å². The lowest BCUT2D eigenvalue weighted by molar-refractivity contribution is 0.710. The third kappa shape index (κ3) is 1.67. The molecule has 1 rings (SSSR count). The third-order valence-electron chi connectivity index (χ3n) is 1.55. The van der Waals surface area contributed by atoms with Gasteiger partial charge in [-0.3, -0.25) is 0 Å². The summed E-state index contributed by atoms with van der Waals surface area (Å²) in [7, 11) is 0. The van der Waals surface area contributed by atoms with Crippen molar-refractivity contribution in [1.82, 2.24) is 9.55 Å². The Morgan fingerprint density at radius 3 is 2.77 bits per heavy atom. The van der Waals surface area contributed by atoms with Gasteiger partial charge in [0, 0.05) is 13.0 Å². The molecule has 0 aliphatic rings. The van der Waals surface area contributed by atoms with Gasteiger partial charge in [-0.15, -0.1) is 12.3 Å². The Labute approximate surface area is 76.0 Å². The van der Waals surface area contributed by atoms with E-state index in [9.17, 15) is 0 Å². The van der Waals surface area contributed by atoms with Crippen LogP contribution in [0.4, 0.5) is 0 Å². The zero-order valence-corrected chi connectivity index (χ0v) is 6.86. The van der Waals surface area contributed by atoms with E-state index in [-0.39, 0.29) is 11.4 Å². The van der Waals surface area contributed by atoms with E-state index in [0.717, 1.165) is 0 Å². The van der Waals surface area contributed by atoms with Crippen LogP contribution in [0, 0.1) is 35.0 Å². The first kappa shape index (κ1) is 8.84. The lowest BCUT2D eigenvalue weighted by atomic mass is 10.3. The molecule has 0 atom stereocenters. The molecule has 4 heteroatoms. The first-order chi connectivity index (χ1) is 6.33. The molecule has 0 saturated heterocycles. The predicted molar refractivity (Wildman–Crippen MR) is 45.1 cm³/mol. The first-order valence-electron chi connectivity index (χ1n) is 3.62. The molecule has 0 amide bonds. The maximum Gasteiger partial charge on any atom is 0.176 e. The van der Waals surface area contributed by atoms with Crippen molar-refractivity contribution in [3.63, 3.8) is 0 Å². The molecule has 0 bridgehead atoms. The van der Waals surface area contributed by atoms with E-state index >= 15 is 0 Å². The van der Waals surface area contributed by atoms with Gasteiger partial charge >= 0.3 is 0 Å². The molecule has 0 aliphatic heterocycles. The van der Waals surface area contributed by atoms with Crippen molar-refractivity contribution >= 4 is 0 Å². The normalized spacial score (nSPS) is 8.38. The fourth-order valence-corrected chi connectivity index (χ4v) is 0.936. The average Bonchev–Trinajstić information content (AvgIpc) is 2.56. The highest BCUT2D eigenvalue weighted by Crippen LogP contribution is 2.05. The monoisotopic (exact) mass is 170 g/mol. The molecule has 0 aromatic carbocycles. The maximum atomic E-state index is 8.70. The van der Waals surface area contributed by atoms with Crippen molar-refractivity contribution in [2.45, 2.75) is 13.0 Å². The van der Waals surface area contributed by atoms with E-state index in [1.807, 2.05) is 12.1 Å². The van der Waals surface area contributed by atoms with Crippen LogP contribution in [0.1, 0.15) is 17.8 Å². The molecule has 0 N–H and O–H groups in total. The van der Waals surface area contributed by atoms with Gasteiger partial charge in [-0.2, -0.15) is 10.5 Å². The number of nitriles is 2. The quantitative estimate of drug-likeness (QED) is 0.612. The Kier molecular flexibility index (Phi) is 2.69. The summed E-state index contributed by atoms with van der Waals surface area (Å²) >= 11 is 0. The Balaban J connectivity index is 2.99. The number of aromatic nitrogens is 2. The summed E-state index contributed by atoms with van der Waals surface area (Å²) < 4.78 is 1.58. The van der Waals surface area contributed by atoms with Crippen LogP contribution < -0.4 is 0 Å². The average molecular weight is 170 g/mol. The molecule has 0 fully saturated rings. The molecule has 4 nitrogen and oxygen atoms in total. The fourth-order valence-electron chi connectivity index (χ4n) is 0.936. The number of imidazole rings is 1. The van der Waals surface area contributed by atoms with E-state index in [1.165, 1.54) is 6.33 Å². The second-order valence-electron chi connectivity index (χ2n) is 2.31. The van der Waals surface area contributed by atoms with Crippen LogP contribution in [0.3, 0.4) is 0 Å². The summed E-state index contributed by atoms with van der Waals surface area (Å²) in [6.07, 6.45) is 7.05. The van der Waals surface area contributed by atoms with Crippen molar-refractivity contribution in [1.29, 1.82) is 10.5 Å². The van der Waals surface area contributed by atoms with Crippen molar-refractivity contribution in [2.75, 3.05) is 0 Å². The van der Waals surface area contributed by atoms with Gasteiger partial charge in [0.25, 0.3) is 0 Å². The minimum atomic E-state index is 0.152. The minimum Gasteiger partial charge on any atom is -0.320 e. The molecule has 1 heterocycles. The van der Waals surface area contributed by atoms with Gasteiger partial charge in [0.1, 0.15) is 12.1 Å². The summed E-state index contributed by atoms with van der Waals surface area (Å²) in [6, 6.07) is 3.75. The largest absolute Gasteiger partial charge is 0.320 e. The zero-order valence-electron chi connectivity index (χ0n) is 6.86. The Hall–Kier alpha value is -2.25. The van der Waals surface area contributed by atoms with Crippen LogP contribution in [0.25, 0.3) is 0 Å². The topological polar surface area (TPSA) is 65.4 Å². The molecule has 62 valence electrons. The van der Waals surface area contributed by atoms with Crippen molar-refractivity contribution in [2.24, 2.45) is 0 Å². The highest BCUT2D eigenvalue weighted by Gasteiger charge is 2.08. The standard InChI is InChI=1S/C9H6N4/c1-2-3-4-13-7-12-8(5-10)9(13)6-11/h1,7H,3-4H2. The number of hydrogen-bond acceptors (Lipinski definition) is 3. The van der Waals surface area contributed by atoms with E-state index in [2.05, 4.69) is 10.9 Å². The summed E-state index contributed by atoms with van der Waals surface area (Å²) in [5.41, 5.74) is 0.428.